The molecule has 0 aliphatic heterocycles. The lowest BCUT2D eigenvalue weighted by Crippen LogP contribution is -2.28. The minimum Gasteiger partial charge on any atom is -0.367 e. The maximum Gasteiger partial charge on any atom is 0.226 e. The molecule has 1 atom stereocenters. The Labute approximate surface area is 125 Å². The van der Waals surface area contributed by atoms with E-state index in [2.05, 4.69) is 37.7 Å². The molecular weight excluding hydrogens is 264 g/mol. The number of rotatable bonds is 5. The zero-order valence-corrected chi connectivity index (χ0v) is 12.8. The van der Waals surface area contributed by atoms with Crippen LogP contribution >= 0.6 is 0 Å². The highest BCUT2D eigenvalue weighted by Crippen LogP contribution is 2.29. The normalized spacial score (nSPS) is 17.8. The molecule has 6 heteroatoms. The molecule has 1 aliphatic carbocycles. The highest BCUT2D eigenvalue weighted by Gasteiger charge is 2.21. The fraction of sp³-hybridized carbons (Fsp3) is 0.667. The predicted molar refractivity (Wildman–Crippen MR) is 85.5 cm³/mol. The highest BCUT2D eigenvalue weighted by atomic mass is 15.2. The van der Waals surface area contributed by atoms with Gasteiger partial charge in [0.15, 0.2) is 5.65 Å². The van der Waals surface area contributed by atoms with E-state index in [0.29, 0.717) is 12.0 Å². The fourth-order valence-corrected chi connectivity index (χ4v) is 3.15. The van der Waals surface area contributed by atoms with E-state index in [4.69, 9.17) is 0 Å². The topological polar surface area (TPSA) is 78.5 Å². The number of H-pyrrole nitrogens is 1. The maximum absolute atomic E-state index is 4.60. The molecule has 3 N–H and O–H groups in total. The monoisotopic (exact) mass is 288 g/mol. The van der Waals surface area contributed by atoms with Crippen molar-refractivity contribution in [2.75, 3.05) is 17.2 Å². The van der Waals surface area contributed by atoms with E-state index in [1.165, 1.54) is 32.1 Å². The highest BCUT2D eigenvalue weighted by molar-refractivity contribution is 5.87. The molecule has 6 nitrogen and oxygen atoms in total. The van der Waals surface area contributed by atoms with Crippen molar-refractivity contribution in [2.24, 2.45) is 5.92 Å². The zero-order chi connectivity index (χ0) is 14.7. The number of hydrogen-bond acceptors (Lipinski definition) is 5. The molecule has 2 aromatic heterocycles. The quantitative estimate of drug-likeness (QED) is 0.787. The first kappa shape index (κ1) is 14.1. The van der Waals surface area contributed by atoms with Crippen molar-refractivity contribution in [3.8, 4) is 0 Å². The fourth-order valence-electron chi connectivity index (χ4n) is 3.15. The standard InChI is InChI=1S/C15H24N6/c1-3-16-15-19-13(12-9-17-21-14(12)20-15)18-10(2)11-7-5-4-6-8-11/h9-11H,3-8H2,1-2H3,(H3,16,17,18,19,20,21). The lowest BCUT2D eigenvalue weighted by molar-refractivity contribution is 0.328. The van der Waals surface area contributed by atoms with Crippen LogP contribution in [-0.4, -0.2) is 32.8 Å². The molecule has 114 valence electrons. The molecule has 0 aromatic carbocycles. The first-order valence-corrected chi connectivity index (χ1v) is 7.99. The molecule has 2 heterocycles. The van der Waals surface area contributed by atoms with Gasteiger partial charge in [-0.3, -0.25) is 5.10 Å². The molecule has 1 unspecified atom stereocenters. The SMILES string of the molecule is CCNc1nc(NC(C)C2CCCCC2)c2cn[nH]c2n1. The summed E-state index contributed by atoms with van der Waals surface area (Å²) in [6, 6.07) is 0.424. The molecule has 21 heavy (non-hydrogen) atoms. The van der Waals surface area contributed by atoms with Gasteiger partial charge in [-0.1, -0.05) is 19.3 Å². The molecule has 1 fully saturated rings. The molecule has 0 amide bonds. The maximum atomic E-state index is 4.60. The van der Waals surface area contributed by atoms with Gasteiger partial charge < -0.3 is 10.6 Å². The van der Waals surface area contributed by atoms with E-state index in [9.17, 15) is 0 Å². The molecule has 0 saturated heterocycles. The van der Waals surface area contributed by atoms with Crippen LogP contribution in [0.2, 0.25) is 0 Å². The largest absolute Gasteiger partial charge is 0.367 e. The molecule has 3 rings (SSSR count). The summed E-state index contributed by atoms with van der Waals surface area (Å²) >= 11 is 0. The van der Waals surface area contributed by atoms with Crippen molar-refractivity contribution in [1.29, 1.82) is 0 Å². The number of nitrogens with one attached hydrogen (secondary N) is 3. The van der Waals surface area contributed by atoms with Gasteiger partial charge in [-0.2, -0.15) is 15.1 Å². The molecule has 2 aromatic rings. The van der Waals surface area contributed by atoms with E-state index in [1.807, 2.05) is 6.92 Å². The van der Waals surface area contributed by atoms with Crippen molar-refractivity contribution in [1.82, 2.24) is 20.2 Å². The van der Waals surface area contributed by atoms with Crippen molar-refractivity contribution in [3.05, 3.63) is 6.20 Å². The smallest absolute Gasteiger partial charge is 0.226 e. The second kappa shape index (κ2) is 6.28. The first-order valence-electron chi connectivity index (χ1n) is 7.99. The van der Waals surface area contributed by atoms with E-state index in [1.54, 1.807) is 6.20 Å². The number of nitrogens with zero attached hydrogens (tertiary/aromatic N) is 3. The number of aromatic amines is 1. The van der Waals surface area contributed by atoms with Crippen LogP contribution < -0.4 is 10.6 Å². The summed E-state index contributed by atoms with van der Waals surface area (Å²) in [6.07, 6.45) is 8.50. The molecule has 0 spiro atoms. The molecule has 1 aliphatic rings. The third-order valence-electron chi connectivity index (χ3n) is 4.37. The Morgan fingerprint density at radius 1 is 1.29 bits per heavy atom. The summed E-state index contributed by atoms with van der Waals surface area (Å²) in [5, 5.41) is 14.7. The Balaban J connectivity index is 1.82. The zero-order valence-electron chi connectivity index (χ0n) is 12.8. The third-order valence-corrected chi connectivity index (χ3v) is 4.37. The lowest BCUT2D eigenvalue weighted by atomic mass is 9.84. The molecule has 0 bridgehead atoms. The Morgan fingerprint density at radius 2 is 2.10 bits per heavy atom. The summed E-state index contributed by atoms with van der Waals surface area (Å²) in [5.74, 6) is 2.26. The Morgan fingerprint density at radius 3 is 2.86 bits per heavy atom. The van der Waals surface area contributed by atoms with Crippen LogP contribution in [0.3, 0.4) is 0 Å². The van der Waals surface area contributed by atoms with E-state index in [0.717, 1.165) is 29.3 Å². The van der Waals surface area contributed by atoms with Crippen molar-refractivity contribution >= 4 is 22.8 Å². The summed E-state index contributed by atoms with van der Waals surface area (Å²) in [5.41, 5.74) is 0.777. The third kappa shape index (κ3) is 3.09. The molecule has 0 radical (unpaired) electrons. The van der Waals surface area contributed by atoms with Crippen molar-refractivity contribution in [3.63, 3.8) is 0 Å². The first-order chi connectivity index (χ1) is 10.3. The number of anilines is 2. The number of fused-ring (bicyclic) bond motifs is 1. The average Bonchev–Trinajstić information content (AvgIpc) is 2.97. The molecule has 1 saturated carbocycles. The number of aromatic nitrogens is 4. The Bertz CT molecular complexity index is 587. The summed E-state index contributed by atoms with van der Waals surface area (Å²) in [7, 11) is 0. The minimum atomic E-state index is 0.424. The van der Waals surface area contributed by atoms with Gasteiger partial charge in [0.05, 0.1) is 11.6 Å². The van der Waals surface area contributed by atoms with Crippen LogP contribution in [0.4, 0.5) is 11.8 Å². The van der Waals surface area contributed by atoms with Crippen LogP contribution in [-0.2, 0) is 0 Å². The van der Waals surface area contributed by atoms with Gasteiger partial charge in [0.2, 0.25) is 5.95 Å². The van der Waals surface area contributed by atoms with Crippen LogP contribution in [0.15, 0.2) is 6.20 Å². The second-order valence-electron chi connectivity index (χ2n) is 5.89. The van der Waals surface area contributed by atoms with Crippen LogP contribution in [0.1, 0.15) is 46.0 Å². The van der Waals surface area contributed by atoms with E-state index < -0.39 is 0 Å². The Kier molecular flexibility index (Phi) is 4.22. The van der Waals surface area contributed by atoms with Crippen molar-refractivity contribution in [2.45, 2.75) is 52.0 Å². The van der Waals surface area contributed by atoms with E-state index in [-0.39, 0.29) is 0 Å². The van der Waals surface area contributed by atoms with Crippen LogP contribution in [0.5, 0.6) is 0 Å². The van der Waals surface area contributed by atoms with Gasteiger partial charge in [-0.15, -0.1) is 0 Å². The van der Waals surface area contributed by atoms with Gasteiger partial charge in [0.1, 0.15) is 5.82 Å². The summed E-state index contributed by atoms with van der Waals surface area (Å²) in [6.45, 7) is 5.10. The van der Waals surface area contributed by atoms with Gasteiger partial charge in [0, 0.05) is 12.6 Å². The average molecular weight is 288 g/mol. The lowest BCUT2D eigenvalue weighted by Gasteiger charge is -2.28. The van der Waals surface area contributed by atoms with Crippen LogP contribution in [0, 0.1) is 5.92 Å². The summed E-state index contributed by atoms with van der Waals surface area (Å²) in [4.78, 5) is 9.03. The van der Waals surface area contributed by atoms with Crippen LogP contribution in [0.25, 0.3) is 11.0 Å². The van der Waals surface area contributed by atoms with E-state index >= 15 is 0 Å². The Hall–Kier alpha value is -1.85. The second-order valence-corrected chi connectivity index (χ2v) is 5.89. The van der Waals surface area contributed by atoms with Crippen molar-refractivity contribution < 1.29 is 0 Å². The van der Waals surface area contributed by atoms with Gasteiger partial charge in [-0.25, -0.2) is 0 Å². The summed E-state index contributed by atoms with van der Waals surface area (Å²) < 4.78 is 0. The van der Waals surface area contributed by atoms with Gasteiger partial charge in [0.25, 0.3) is 0 Å². The van der Waals surface area contributed by atoms with Gasteiger partial charge >= 0.3 is 0 Å². The number of hydrogen-bond donors (Lipinski definition) is 3. The minimum absolute atomic E-state index is 0.424. The predicted octanol–water partition coefficient (Wildman–Crippen LogP) is 3.17. The molecular formula is C15H24N6. The van der Waals surface area contributed by atoms with Gasteiger partial charge in [-0.05, 0) is 32.6 Å².